The van der Waals surface area contributed by atoms with Gasteiger partial charge in [-0.05, 0) is 18.2 Å². The molecule has 0 saturated carbocycles. The van der Waals surface area contributed by atoms with Gasteiger partial charge < -0.3 is 14.2 Å². The Morgan fingerprint density at radius 2 is 1.81 bits per heavy atom. The summed E-state index contributed by atoms with van der Waals surface area (Å²) in [6.07, 6.45) is 3.47. The van der Waals surface area contributed by atoms with E-state index in [9.17, 15) is 4.79 Å². The van der Waals surface area contributed by atoms with Crippen molar-refractivity contribution in [2.45, 2.75) is 6.42 Å². The largest absolute Gasteiger partial charge is 0.490 e. The Labute approximate surface area is 176 Å². The van der Waals surface area contributed by atoms with Crippen LogP contribution < -0.4 is 9.47 Å². The third-order valence-corrected chi connectivity index (χ3v) is 3.97. The lowest BCUT2D eigenvalue weighted by atomic mass is 10.3. The molecule has 0 saturated heterocycles. The van der Waals surface area contributed by atoms with E-state index in [0.717, 1.165) is 0 Å². The Hall–Kier alpha value is -1.66. The Morgan fingerprint density at radius 1 is 1.07 bits per heavy atom. The Kier molecular flexibility index (Phi) is 9.01. The van der Waals surface area contributed by atoms with E-state index >= 15 is 0 Å². The van der Waals surface area contributed by atoms with Crippen LogP contribution in [0.3, 0.4) is 0 Å². The highest BCUT2D eigenvalue weighted by molar-refractivity contribution is 6.55. The summed E-state index contributed by atoms with van der Waals surface area (Å²) < 4.78 is 16.2. The zero-order chi connectivity index (χ0) is 19.6. The first-order chi connectivity index (χ1) is 13.0. The SMILES string of the molecule is O=C(OCCCOc1c(Cl)cc(OCC=C(Cl)Cl)cc1Cl)c1ccccn1. The van der Waals surface area contributed by atoms with Crippen LogP contribution in [0.25, 0.3) is 0 Å². The number of hydrogen-bond donors (Lipinski definition) is 0. The van der Waals surface area contributed by atoms with Gasteiger partial charge in [-0.15, -0.1) is 0 Å². The first-order valence-electron chi connectivity index (χ1n) is 7.81. The van der Waals surface area contributed by atoms with Crippen LogP contribution in [0.15, 0.2) is 47.1 Å². The molecule has 0 unspecified atom stereocenters. The van der Waals surface area contributed by atoms with E-state index in [1.54, 1.807) is 30.3 Å². The highest BCUT2D eigenvalue weighted by Crippen LogP contribution is 2.37. The van der Waals surface area contributed by atoms with Crippen LogP contribution in [-0.4, -0.2) is 30.8 Å². The van der Waals surface area contributed by atoms with Crippen LogP contribution in [0.5, 0.6) is 11.5 Å². The molecule has 0 atom stereocenters. The number of pyridine rings is 1. The average molecular weight is 451 g/mol. The summed E-state index contributed by atoms with van der Waals surface area (Å²) in [6.45, 7) is 0.619. The third-order valence-electron chi connectivity index (χ3n) is 3.10. The predicted octanol–water partition coefficient (Wildman–Crippen LogP) is 5.71. The average Bonchev–Trinajstić information content (AvgIpc) is 2.63. The van der Waals surface area contributed by atoms with Gasteiger partial charge in [0.05, 0.1) is 23.3 Å². The minimum atomic E-state index is -0.487. The van der Waals surface area contributed by atoms with Crippen LogP contribution in [0, 0.1) is 0 Å². The molecule has 1 aromatic carbocycles. The summed E-state index contributed by atoms with van der Waals surface area (Å²) in [5.74, 6) is 0.291. The summed E-state index contributed by atoms with van der Waals surface area (Å²) in [6, 6.07) is 8.15. The van der Waals surface area contributed by atoms with Gasteiger partial charge >= 0.3 is 5.97 Å². The Morgan fingerprint density at radius 3 is 2.44 bits per heavy atom. The summed E-state index contributed by atoms with van der Waals surface area (Å²) in [5, 5.41) is 0.591. The molecule has 2 aromatic rings. The first kappa shape index (κ1) is 21.6. The van der Waals surface area contributed by atoms with Crippen LogP contribution in [0.2, 0.25) is 10.0 Å². The second kappa shape index (κ2) is 11.2. The number of nitrogens with zero attached hydrogens (tertiary/aromatic N) is 1. The number of ether oxygens (including phenoxy) is 3. The first-order valence-corrected chi connectivity index (χ1v) is 9.32. The number of esters is 1. The van der Waals surface area contributed by atoms with Crippen LogP contribution in [0.4, 0.5) is 0 Å². The van der Waals surface area contributed by atoms with Gasteiger partial charge in [-0.1, -0.05) is 52.5 Å². The minimum absolute atomic E-state index is 0.107. The van der Waals surface area contributed by atoms with Crippen molar-refractivity contribution in [1.82, 2.24) is 4.98 Å². The fourth-order valence-corrected chi connectivity index (χ4v) is 2.62. The number of carbonyl (C=O) groups is 1. The molecule has 1 aromatic heterocycles. The van der Waals surface area contributed by atoms with Gasteiger partial charge in [0.2, 0.25) is 0 Å². The maximum absolute atomic E-state index is 11.7. The Balaban J connectivity index is 1.78. The van der Waals surface area contributed by atoms with Crippen LogP contribution in [-0.2, 0) is 4.74 Å². The summed E-state index contributed by atoms with van der Waals surface area (Å²) in [4.78, 5) is 15.7. The van der Waals surface area contributed by atoms with Crippen molar-refractivity contribution in [3.05, 3.63) is 62.8 Å². The zero-order valence-electron chi connectivity index (χ0n) is 14.0. The zero-order valence-corrected chi connectivity index (χ0v) is 17.0. The lowest BCUT2D eigenvalue weighted by molar-refractivity contribution is 0.0479. The second-order valence-electron chi connectivity index (χ2n) is 5.07. The smallest absolute Gasteiger partial charge is 0.356 e. The molecule has 0 aliphatic rings. The van der Waals surface area contributed by atoms with Crippen molar-refractivity contribution in [1.29, 1.82) is 0 Å². The van der Waals surface area contributed by atoms with Gasteiger partial charge in [0.25, 0.3) is 0 Å². The number of hydrogen-bond acceptors (Lipinski definition) is 5. The molecule has 5 nitrogen and oxygen atoms in total. The standard InChI is InChI=1S/C18H15Cl4NO4/c19-13-10-12(25-9-5-16(21)22)11-14(20)17(13)26-7-3-8-27-18(24)15-4-1-2-6-23-15/h1-2,4-6,10-11H,3,7-9H2. The third kappa shape index (κ3) is 7.46. The molecular weight excluding hydrogens is 436 g/mol. The van der Waals surface area contributed by atoms with Gasteiger partial charge in [0.15, 0.2) is 5.75 Å². The highest BCUT2D eigenvalue weighted by atomic mass is 35.5. The monoisotopic (exact) mass is 449 g/mol. The predicted molar refractivity (Wildman–Crippen MR) is 106 cm³/mol. The minimum Gasteiger partial charge on any atom is -0.490 e. The quantitative estimate of drug-likeness (QED) is 0.361. The highest BCUT2D eigenvalue weighted by Gasteiger charge is 2.11. The van der Waals surface area contributed by atoms with Crippen molar-refractivity contribution in [2.24, 2.45) is 0 Å². The van der Waals surface area contributed by atoms with Crippen LogP contribution >= 0.6 is 46.4 Å². The normalized spacial score (nSPS) is 10.2. The molecule has 0 bridgehead atoms. The van der Waals surface area contributed by atoms with E-state index in [2.05, 4.69) is 4.98 Å². The number of rotatable bonds is 9. The maximum Gasteiger partial charge on any atom is 0.356 e. The van der Waals surface area contributed by atoms with Gasteiger partial charge in [-0.25, -0.2) is 9.78 Å². The van der Waals surface area contributed by atoms with Gasteiger partial charge in [-0.2, -0.15) is 0 Å². The lowest BCUT2D eigenvalue weighted by Crippen LogP contribution is -2.10. The molecule has 27 heavy (non-hydrogen) atoms. The fraction of sp³-hybridized carbons (Fsp3) is 0.222. The number of halogens is 4. The van der Waals surface area contributed by atoms with Crippen molar-refractivity contribution >= 4 is 52.4 Å². The molecular formula is C18H15Cl4NO4. The second-order valence-corrected chi connectivity index (χ2v) is 6.90. The van der Waals surface area contributed by atoms with Crippen molar-refractivity contribution in [3.8, 4) is 11.5 Å². The molecule has 144 valence electrons. The van der Waals surface area contributed by atoms with E-state index in [4.69, 9.17) is 60.6 Å². The van der Waals surface area contributed by atoms with Crippen molar-refractivity contribution < 1.29 is 19.0 Å². The molecule has 0 N–H and O–H groups in total. The fourth-order valence-electron chi connectivity index (χ4n) is 1.91. The van der Waals surface area contributed by atoms with E-state index in [1.807, 2.05) is 0 Å². The molecule has 0 amide bonds. The molecule has 0 aliphatic heterocycles. The molecule has 0 fully saturated rings. The number of aromatic nitrogens is 1. The summed E-state index contributed by atoms with van der Waals surface area (Å²) >= 11 is 23.4. The van der Waals surface area contributed by atoms with Crippen LogP contribution in [0.1, 0.15) is 16.9 Å². The van der Waals surface area contributed by atoms with Gasteiger partial charge in [0, 0.05) is 24.8 Å². The maximum atomic E-state index is 11.7. The Bertz CT molecular complexity index is 772. The molecule has 0 radical (unpaired) electrons. The van der Waals surface area contributed by atoms with E-state index in [0.29, 0.717) is 28.0 Å². The molecule has 9 heteroatoms. The topological polar surface area (TPSA) is 57.7 Å². The van der Waals surface area contributed by atoms with Crippen molar-refractivity contribution in [2.75, 3.05) is 19.8 Å². The van der Waals surface area contributed by atoms with Crippen molar-refractivity contribution in [3.63, 3.8) is 0 Å². The van der Waals surface area contributed by atoms with E-state index in [1.165, 1.54) is 12.3 Å². The molecule has 0 spiro atoms. The van der Waals surface area contributed by atoms with E-state index in [-0.39, 0.29) is 30.0 Å². The van der Waals surface area contributed by atoms with E-state index < -0.39 is 5.97 Å². The molecule has 1 heterocycles. The molecule has 2 rings (SSSR count). The molecule has 0 aliphatic carbocycles. The van der Waals surface area contributed by atoms with Gasteiger partial charge in [-0.3, -0.25) is 0 Å². The number of benzene rings is 1. The lowest BCUT2D eigenvalue weighted by Gasteiger charge is -2.12. The van der Waals surface area contributed by atoms with Gasteiger partial charge in [0.1, 0.15) is 22.5 Å². The number of carbonyl (C=O) groups excluding carboxylic acids is 1. The summed E-state index contributed by atoms with van der Waals surface area (Å²) in [7, 11) is 0. The summed E-state index contributed by atoms with van der Waals surface area (Å²) in [5.41, 5.74) is 0.255.